The Balaban J connectivity index is 0.000000321. The second-order valence-corrected chi connectivity index (χ2v) is 3.71. The number of rotatable bonds is 7. The molecule has 0 aromatic heterocycles. The first-order chi connectivity index (χ1) is 8.74. The molecule has 0 aliphatic carbocycles. The van der Waals surface area contributed by atoms with Gasteiger partial charge in [0.1, 0.15) is 5.75 Å². The number of hydrogen-bond donors (Lipinski definition) is 1. The van der Waals surface area contributed by atoms with E-state index >= 15 is 0 Å². The molecule has 0 aliphatic rings. The van der Waals surface area contributed by atoms with E-state index < -0.39 is 0 Å². The second kappa shape index (κ2) is 11.9. The van der Waals surface area contributed by atoms with Crippen molar-refractivity contribution in [3.63, 3.8) is 0 Å². The summed E-state index contributed by atoms with van der Waals surface area (Å²) in [7, 11) is 0. The molecule has 0 amide bonds. The van der Waals surface area contributed by atoms with E-state index in [4.69, 9.17) is 9.84 Å². The van der Waals surface area contributed by atoms with Gasteiger partial charge in [0, 0.05) is 6.42 Å². The first kappa shape index (κ1) is 16.4. The Morgan fingerprint density at radius 3 is 2.50 bits per heavy atom. The van der Waals surface area contributed by atoms with Crippen molar-refractivity contribution in [3.8, 4) is 5.75 Å². The summed E-state index contributed by atoms with van der Waals surface area (Å²) in [5, 5.41) is 8.30. The molecule has 0 bridgehead atoms. The van der Waals surface area contributed by atoms with Gasteiger partial charge in [-0.1, -0.05) is 44.5 Å². The van der Waals surface area contributed by atoms with Crippen molar-refractivity contribution < 1.29 is 14.6 Å². The highest BCUT2D eigenvalue weighted by atomic mass is 16.6. The van der Waals surface area contributed by atoms with E-state index in [-0.39, 0.29) is 12.6 Å². The molecule has 1 aromatic rings. The van der Waals surface area contributed by atoms with E-state index in [0.717, 1.165) is 12.8 Å². The number of aliphatic hydroxyl groups excluding tert-OH is 1. The van der Waals surface area contributed by atoms with Gasteiger partial charge in [-0.3, -0.25) is 4.79 Å². The van der Waals surface area contributed by atoms with Crippen molar-refractivity contribution in [2.75, 3.05) is 6.79 Å². The number of hydrogen-bond acceptors (Lipinski definition) is 3. The Morgan fingerprint density at radius 2 is 2.00 bits per heavy atom. The molecule has 0 spiro atoms. The molecule has 0 atom stereocenters. The van der Waals surface area contributed by atoms with Crippen LogP contribution in [-0.4, -0.2) is 17.7 Å². The lowest BCUT2D eigenvalue weighted by Gasteiger charge is -1.98. The molecule has 3 heteroatoms. The molecule has 1 aromatic carbocycles. The normalized spacial score (nSPS) is 9.00. The Morgan fingerprint density at radius 1 is 1.33 bits per heavy atom. The Labute approximate surface area is 109 Å². The van der Waals surface area contributed by atoms with Gasteiger partial charge in [-0.25, -0.2) is 0 Å². The fourth-order valence-electron chi connectivity index (χ4n) is 1.24. The lowest BCUT2D eigenvalue weighted by molar-refractivity contribution is -0.114. The van der Waals surface area contributed by atoms with Crippen LogP contribution in [0.5, 0.6) is 5.75 Å². The van der Waals surface area contributed by atoms with Gasteiger partial charge >= 0.3 is 0 Å². The summed E-state index contributed by atoms with van der Waals surface area (Å²) in [6, 6.07) is 9.17. The fraction of sp³-hybridized carbons (Fsp3) is 0.400. The highest BCUT2D eigenvalue weighted by Crippen LogP contribution is 2.06. The molecule has 0 unspecified atom stereocenters. The molecular formula is C15H22O3. The maximum absolute atomic E-state index is 10.6. The first-order valence-corrected chi connectivity index (χ1v) is 6.18. The van der Waals surface area contributed by atoms with Crippen LogP contribution in [0.2, 0.25) is 0 Å². The zero-order valence-corrected chi connectivity index (χ0v) is 11.0. The standard InChI is InChI=1S/C8H14O.C7H8O2/c1-3-5-6-7-8(9)4-2;8-6-9-7-4-2-1-3-5-7/h4H,2-3,5-7H2,1H3;1-5,8H,6H2. The average molecular weight is 250 g/mol. The highest BCUT2D eigenvalue weighted by molar-refractivity contribution is 5.88. The van der Waals surface area contributed by atoms with Crippen molar-refractivity contribution in [2.45, 2.75) is 32.6 Å². The number of aliphatic hydroxyl groups is 1. The van der Waals surface area contributed by atoms with Crippen molar-refractivity contribution in [2.24, 2.45) is 0 Å². The minimum absolute atomic E-state index is 0.170. The lowest BCUT2D eigenvalue weighted by atomic mass is 10.1. The number of para-hydroxylation sites is 1. The number of carbonyl (C=O) groups excluding carboxylic acids is 1. The van der Waals surface area contributed by atoms with E-state index in [1.54, 1.807) is 12.1 Å². The Bertz CT molecular complexity index is 320. The van der Waals surface area contributed by atoms with Gasteiger partial charge in [0.25, 0.3) is 0 Å². The molecule has 0 fully saturated rings. The number of carbonyl (C=O) groups is 1. The van der Waals surface area contributed by atoms with Crippen LogP contribution in [0.1, 0.15) is 32.6 Å². The maximum atomic E-state index is 10.6. The van der Waals surface area contributed by atoms with Crippen molar-refractivity contribution in [1.82, 2.24) is 0 Å². The predicted octanol–water partition coefficient (Wildman–Crippen LogP) is 3.34. The minimum Gasteiger partial charge on any atom is -0.468 e. The number of benzene rings is 1. The largest absolute Gasteiger partial charge is 0.468 e. The highest BCUT2D eigenvalue weighted by Gasteiger charge is 1.92. The summed E-state index contributed by atoms with van der Waals surface area (Å²) in [4.78, 5) is 10.6. The Hall–Kier alpha value is -1.61. The number of ketones is 1. The number of allylic oxidation sites excluding steroid dienone is 1. The topological polar surface area (TPSA) is 46.5 Å². The SMILES string of the molecule is C=CC(=O)CCCCC.OCOc1ccccc1. The van der Waals surface area contributed by atoms with Crippen LogP contribution in [0.4, 0.5) is 0 Å². The minimum atomic E-state index is -0.260. The van der Waals surface area contributed by atoms with E-state index in [0.29, 0.717) is 12.2 Å². The van der Waals surface area contributed by atoms with Gasteiger partial charge in [0.05, 0.1) is 0 Å². The summed E-state index contributed by atoms with van der Waals surface area (Å²) in [6.07, 6.45) is 5.42. The molecule has 0 saturated heterocycles. The third kappa shape index (κ3) is 9.60. The van der Waals surface area contributed by atoms with E-state index in [2.05, 4.69) is 13.5 Å². The summed E-state index contributed by atoms with van der Waals surface area (Å²) in [6.45, 7) is 5.25. The van der Waals surface area contributed by atoms with E-state index in [1.165, 1.54) is 12.5 Å². The van der Waals surface area contributed by atoms with E-state index in [1.807, 2.05) is 18.2 Å². The third-order valence-corrected chi connectivity index (χ3v) is 2.23. The summed E-state index contributed by atoms with van der Waals surface area (Å²) < 4.78 is 4.76. The average Bonchev–Trinajstić information content (AvgIpc) is 2.41. The molecule has 0 heterocycles. The zero-order chi connectivity index (χ0) is 13.6. The van der Waals surface area contributed by atoms with Crippen LogP contribution in [0.15, 0.2) is 43.0 Å². The van der Waals surface area contributed by atoms with Gasteiger partial charge in [0.2, 0.25) is 0 Å². The molecule has 100 valence electrons. The fourth-order valence-corrected chi connectivity index (χ4v) is 1.24. The van der Waals surface area contributed by atoms with Gasteiger partial charge < -0.3 is 9.84 Å². The second-order valence-electron chi connectivity index (χ2n) is 3.71. The molecule has 1 N–H and O–H groups in total. The molecule has 18 heavy (non-hydrogen) atoms. The zero-order valence-electron chi connectivity index (χ0n) is 11.0. The number of unbranched alkanes of at least 4 members (excludes halogenated alkanes) is 2. The molecular weight excluding hydrogens is 228 g/mol. The summed E-state index contributed by atoms with van der Waals surface area (Å²) in [5.74, 6) is 0.864. The van der Waals surface area contributed by atoms with Crippen LogP contribution in [-0.2, 0) is 4.79 Å². The van der Waals surface area contributed by atoms with Crippen LogP contribution in [0.25, 0.3) is 0 Å². The van der Waals surface area contributed by atoms with Crippen LogP contribution in [0.3, 0.4) is 0 Å². The lowest BCUT2D eigenvalue weighted by Crippen LogP contribution is -1.93. The van der Waals surface area contributed by atoms with Crippen LogP contribution >= 0.6 is 0 Å². The monoisotopic (exact) mass is 250 g/mol. The Kier molecular flexibility index (Phi) is 10.8. The smallest absolute Gasteiger partial charge is 0.186 e. The predicted molar refractivity (Wildman–Crippen MR) is 73.5 cm³/mol. The van der Waals surface area contributed by atoms with Crippen LogP contribution < -0.4 is 4.74 Å². The van der Waals surface area contributed by atoms with Crippen molar-refractivity contribution >= 4 is 5.78 Å². The van der Waals surface area contributed by atoms with Crippen molar-refractivity contribution in [1.29, 1.82) is 0 Å². The summed E-state index contributed by atoms with van der Waals surface area (Å²) in [5.41, 5.74) is 0. The quantitative estimate of drug-likeness (QED) is 0.458. The molecule has 1 rings (SSSR count). The van der Waals surface area contributed by atoms with E-state index in [9.17, 15) is 4.79 Å². The summed E-state index contributed by atoms with van der Waals surface area (Å²) >= 11 is 0. The van der Waals surface area contributed by atoms with Gasteiger partial charge in [0.15, 0.2) is 12.6 Å². The van der Waals surface area contributed by atoms with Crippen molar-refractivity contribution in [3.05, 3.63) is 43.0 Å². The number of ether oxygens (including phenoxy) is 1. The molecule has 0 radical (unpaired) electrons. The van der Waals surface area contributed by atoms with Gasteiger partial charge in [-0.2, -0.15) is 0 Å². The molecule has 0 saturated carbocycles. The molecule has 0 aliphatic heterocycles. The van der Waals surface area contributed by atoms with Gasteiger partial charge in [-0.05, 0) is 24.6 Å². The maximum Gasteiger partial charge on any atom is 0.186 e. The molecule has 3 nitrogen and oxygen atoms in total. The van der Waals surface area contributed by atoms with Crippen LogP contribution in [0, 0.1) is 0 Å². The third-order valence-electron chi connectivity index (χ3n) is 2.23. The van der Waals surface area contributed by atoms with Gasteiger partial charge in [-0.15, -0.1) is 0 Å². The first-order valence-electron chi connectivity index (χ1n) is 6.18.